The molecule has 0 radical (unpaired) electrons. The van der Waals surface area contributed by atoms with Gasteiger partial charge in [-0.2, -0.15) is 0 Å². The SMILES string of the molecule is C#CC(C)C(C/C=C/C)(C(=O)OCC)C(=O)OCC. The molecule has 1 atom stereocenters. The highest BCUT2D eigenvalue weighted by molar-refractivity contribution is 6.01. The van der Waals surface area contributed by atoms with Crippen LogP contribution in [0.15, 0.2) is 12.2 Å². The van der Waals surface area contributed by atoms with Gasteiger partial charge in [0.15, 0.2) is 5.41 Å². The maximum Gasteiger partial charge on any atom is 0.325 e. The molecule has 0 aliphatic carbocycles. The van der Waals surface area contributed by atoms with E-state index in [9.17, 15) is 9.59 Å². The van der Waals surface area contributed by atoms with E-state index in [0.29, 0.717) is 0 Å². The van der Waals surface area contributed by atoms with E-state index in [2.05, 4.69) is 5.92 Å². The lowest BCUT2D eigenvalue weighted by Gasteiger charge is -2.30. The van der Waals surface area contributed by atoms with E-state index < -0.39 is 23.3 Å². The smallest absolute Gasteiger partial charge is 0.325 e. The first kappa shape index (κ1) is 17.2. The Bertz CT molecular complexity index is 358. The molecule has 0 heterocycles. The lowest BCUT2D eigenvalue weighted by Crippen LogP contribution is -2.46. The summed E-state index contributed by atoms with van der Waals surface area (Å²) in [5.41, 5.74) is -1.46. The van der Waals surface area contributed by atoms with E-state index in [1.54, 1.807) is 32.9 Å². The largest absolute Gasteiger partial charge is 0.465 e. The van der Waals surface area contributed by atoms with Gasteiger partial charge in [-0.15, -0.1) is 12.3 Å². The zero-order valence-corrected chi connectivity index (χ0v) is 12.1. The minimum Gasteiger partial charge on any atom is -0.465 e. The maximum absolute atomic E-state index is 12.2. The average Bonchev–Trinajstić information content (AvgIpc) is 2.39. The van der Waals surface area contributed by atoms with Crippen molar-refractivity contribution < 1.29 is 19.1 Å². The molecule has 1 unspecified atom stereocenters. The van der Waals surface area contributed by atoms with Crippen molar-refractivity contribution in [1.29, 1.82) is 0 Å². The van der Waals surface area contributed by atoms with E-state index in [1.807, 2.05) is 6.92 Å². The summed E-state index contributed by atoms with van der Waals surface area (Å²) in [6.45, 7) is 7.20. The number of hydrogen-bond donors (Lipinski definition) is 0. The highest BCUT2D eigenvalue weighted by Gasteiger charge is 2.52. The first-order valence-electron chi connectivity index (χ1n) is 6.42. The molecular formula is C15H22O4. The molecular weight excluding hydrogens is 244 g/mol. The van der Waals surface area contributed by atoms with Crippen LogP contribution >= 0.6 is 0 Å². The van der Waals surface area contributed by atoms with Crippen molar-refractivity contribution in [3.05, 3.63) is 12.2 Å². The maximum atomic E-state index is 12.2. The van der Waals surface area contributed by atoms with E-state index in [1.165, 1.54) is 0 Å². The van der Waals surface area contributed by atoms with Gasteiger partial charge in [0.25, 0.3) is 0 Å². The summed E-state index contributed by atoms with van der Waals surface area (Å²) in [6, 6.07) is 0. The molecule has 0 saturated carbocycles. The standard InChI is InChI=1S/C15H22O4/c1-6-10-11-15(12(5)7-2,13(16)18-8-3)14(17)19-9-4/h2,6,10,12H,8-9,11H2,1,3-5H3/b10-6+. The van der Waals surface area contributed by atoms with Crippen LogP contribution in [-0.4, -0.2) is 25.2 Å². The normalized spacial score (nSPS) is 12.8. The van der Waals surface area contributed by atoms with Gasteiger partial charge in [0, 0.05) is 5.92 Å². The van der Waals surface area contributed by atoms with Crippen molar-refractivity contribution in [2.75, 3.05) is 13.2 Å². The summed E-state index contributed by atoms with van der Waals surface area (Å²) in [5, 5.41) is 0. The lowest BCUT2D eigenvalue weighted by atomic mass is 9.73. The van der Waals surface area contributed by atoms with E-state index in [4.69, 9.17) is 15.9 Å². The van der Waals surface area contributed by atoms with Crippen LogP contribution in [0.5, 0.6) is 0 Å². The predicted octanol–water partition coefficient (Wildman–Crippen LogP) is 2.33. The first-order valence-corrected chi connectivity index (χ1v) is 6.42. The second-order valence-electron chi connectivity index (χ2n) is 4.07. The molecule has 0 aliphatic heterocycles. The van der Waals surface area contributed by atoms with Gasteiger partial charge in [0.1, 0.15) is 0 Å². The third kappa shape index (κ3) is 3.85. The first-order chi connectivity index (χ1) is 9.00. The number of hydrogen-bond acceptors (Lipinski definition) is 4. The Balaban J connectivity index is 5.64. The molecule has 0 rings (SSSR count). The molecule has 106 valence electrons. The summed E-state index contributed by atoms with van der Waals surface area (Å²) in [5.74, 6) is 0.593. The second kappa shape index (κ2) is 8.36. The van der Waals surface area contributed by atoms with Crippen molar-refractivity contribution in [2.24, 2.45) is 11.3 Å². The van der Waals surface area contributed by atoms with Gasteiger partial charge >= 0.3 is 11.9 Å². The monoisotopic (exact) mass is 266 g/mol. The fraction of sp³-hybridized carbons (Fsp3) is 0.600. The van der Waals surface area contributed by atoms with Gasteiger partial charge < -0.3 is 9.47 Å². The average molecular weight is 266 g/mol. The number of allylic oxidation sites excluding steroid dienone is 2. The molecule has 4 nitrogen and oxygen atoms in total. The zero-order valence-electron chi connectivity index (χ0n) is 12.1. The van der Waals surface area contributed by atoms with Crippen LogP contribution < -0.4 is 0 Å². The molecule has 0 bridgehead atoms. The quantitative estimate of drug-likeness (QED) is 0.307. The van der Waals surface area contributed by atoms with E-state index in [0.717, 1.165) is 0 Å². The van der Waals surface area contributed by atoms with Crippen molar-refractivity contribution >= 4 is 11.9 Å². The Morgan fingerprint density at radius 1 is 1.26 bits per heavy atom. The summed E-state index contributed by atoms with van der Waals surface area (Å²) in [7, 11) is 0. The summed E-state index contributed by atoms with van der Waals surface area (Å²) >= 11 is 0. The lowest BCUT2D eigenvalue weighted by molar-refractivity contribution is -0.174. The van der Waals surface area contributed by atoms with Gasteiger partial charge in [-0.05, 0) is 34.1 Å². The molecule has 0 amide bonds. The van der Waals surface area contributed by atoms with E-state index >= 15 is 0 Å². The van der Waals surface area contributed by atoms with Gasteiger partial charge in [0.05, 0.1) is 13.2 Å². The summed E-state index contributed by atoms with van der Waals surface area (Å²) in [6.07, 6.45) is 9.07. The number of carbonyl (C=O) groups excluding carboxylic acids is 2. The molecule has 0 aromatic heterocycles. The fourth-order valence-electron chi connectivity index (χ4n) is 1.75. The second-order valence-corrected chi connectivity index (χ2v) is 4.07. The van der Waals surface area contributed by atoms with Crippen LogP contribution in [0, 0.1) is 23.7 Å². The summed E-state index contributed by atoms with van der Waals surface area (Å²) in [4.78, 5) is 24.5. The molecule has 0 aliphatic rings. The zero-order chi connectivity index (χ0) is 14.9. The van der Waals surface area contributed by atoms with Crippen molar-refractivity contribution in [2.45, 2.75) is 34.1 Å². The van der Waals surface area contributed by atoms with E-state index in [-0.39, 0.29) is 19.6 Å². The Labute approximate surface area is 115 Å². The van der Waals surface area contributed by atoms with Crippen molar-refractivity contribution in [3.8, 4) is 12.3 Å². The Kier molecular flexibility index (Phi) is 7.59. The van der Waals surface area contributed by atoms with Crippen LogP contribution in [0.4, 0.5) is 0 Å². The van der Waals surface area contributed by atoms with Gasteiger partial charge in [-0.3, -0.25) is 9.59 Å². The molecule has 0 saturated heterocycles. The van der Waals surface area contributed by atoms with Gasteiger partial charge in [-0.25, -0.2) is 0 Å². The van der Waals surface area contributed by atoms with Gasteiger partial charge in [0.2, 0.25) is 0 Å². The number of rotatable bonds is 7. The van der Waals surface area contributed by atoms with Crippen LogP contribution in [0.1, 0.15) is 34.1 Å². The minimum atomic E-state index is -1.46. The van der Waals surface area contributed by atoms with Crippen molar-refractivity contribution in [3.63, 3.8) is 0 Å². The Morgan fingerprint density at radius 2 is 1.74 bits per heavy atom. The molecule has 19 heavy (non-hydrogen) atoms. The topological polar surface area (TPSA) is 52.6 Å². The Hall–Kier alpha value is -1.76. The third-order valence-electron chi connectivity index (χ3n) is 2.94. The molecule has 0 spiro atoms. The fourth-order valence-corrected chi connectivity index (χ4v) is 1.75. The third-order valence-corrected chi connectivity index (χ3v) is 2.94. The van der Waals surface area contributed by atoms with Gasteiger partial charge in [-0.1, -0.05) is 12.2 Å². The number of esters is 2. The van der Waals surface area contributed by atoms with Crippen LogP contribution in [-0.2, 0) is 19.1 Å². The molecule has 4 heteroatoms. The Morgan fingerprint density at radius 3 is 2.05 bits per heavy atom. The van der Waals surface area contributed by atoms with Crippen LogP contribution in [0.3, 0.4) is 0 Å². The summed E-state index contributed by atoms with van der Waals surface area (Å²) < 4.78 is 10.1. The number of ether oxygens (including phenoxy) is 2. The number of carbonyl (C=O) groups is 2. The predicted molar refractivity (Wildman–Crippen MR) is 73.1 cm³/mol. The highest BCUT2D eigenvalue weighted by atomic mass is 16.6. The van der Waals surface area contributed by atoms with Crippen LogP contribution in [0.2, 0.25) is 0 Å². The minimum absolute atomic E-state index is 0.173. The molecule has 0 aromatic carbocycles. The highest BCUT2D eigenvalue weighted by Crippen LogP contribution is 2.35. The number of terminal acetylenes is 1. The van der Waals surface area contributed by atoms with Crippen molar-refractivity contribution in [1.82, 2.24) is 0 Å². The molecule has 0 fully saturated rings. The molecule has 0 aromatic rings. The molecule has 0 N–H and O–H groups in total. The van der Waals surface area contributed by atoms with Crippen LogP contribution in [0.25, 0.3) is 0 Å².